The molecule has 2 saturated carbocycles. The molecule has 3 fully saturated rings. The summed E-state index contributed by atoms with van der Waals surface area (Å²) in [7, 11) is 0. The first kappa shape index (κ1) is 17.6. The van der Waals surface area contributed by atoms with Crippen LogP contribution in [0.15, 0.2) is 41.5 Å². The molecule has 1 aromatic rings. The zero-order chi connectivity index (χ0) is 19.6. The van der Waals surface area contributed by atoms with Crippen molar-refractivity contribution >= 4 is 34.8 Å². The molecule has 1 heterocycles. The minimum atomic E-state index is -0.603. The summed E-state index contributed by atoms with van der Waals surface area (Å²) in [6.07, 6.45) is 9.90. The number of allylic oxidation sites excluding steroid dienone is 4. The van der Waals surface area contributed by atoms with Gasteiger partial charge in [-0.3, -0.25) is 19.7 Å². The number of anilines is 1. The SMILES string of the molecule is O=C1[C@@H]2[C@H](C(=O)N1c1ccc(Cl)c([N+](=O)[O-])c1)[C@H]1C=C[C@@H]2C1=C1CCCCC1. The van der Waals surface area contributed by atoms with Gasteiger partial charge < -0.3 is 0 Å². The number of halogens is 1. The monoisotopic (exact) mass is 398 g/mol. The number of imide groups is 1. The van der Waals surface area contributed by atoms with Crippen LogP contribution in [0.5, 0.6) is 0 Å². The first-order valence-electron chi connectivity index (χ1n) is 9.71. The number of nitro benzene ring substituents is 1. The van der Waals surface area contributed by atoms with Crippen LogP contribution in [0.1, 0.15) is 32.1 Å². The molecular weight excluding hydrogens is 380 g/mol. The van der Waals surface area contributed by atoms with Crippen molar-refractivity contribution in [1.29, 1.82) is 0 Å². The highest BCUT2D eigenvalue weighted by Gasteiger charge is 2.62. The Bertz CT molecular complexity index is 941. The summed E-state index contributed by atoms with van der Waals surface area (Å²) in [4.78, 5) is 38.2. The topological polar surface area (TPSA) is 80.5 Å². The van der Waals surface area contributed by atoms with Crippen LogP contribution in [0, 0.1) is 33.8 Å². The van der Waals surface area contributed by atoms with Gasteiger partial charge in [0.05, 0.1) is 22.4 Å². The Hall–Kier alpha value is -2.47. The summed E-state index contributed by atoms with van der Waals surface area (Å²) >= 11 is 5.88. The van der Waals surface area contributed by atoms with E-state index in [1.807, 2.05) is 0 Å². The summed E-state index contributed by atoms with van der Waals surface area (Å²) in [5.74, 6) is -1.29. The van der Waals surface area contributed by atoms with Crippen molar-refractivity contribution in [3.8, 4) is 0 Å². The van der Waals surface area contributed by atoms with E-state index in [-0.39, 0.29) is 51.9 Å². The zero-order valence-electron chi connectivity index (χ0n) is 15.1. The van der Waals surface area contributed by atoms with Crippen molar-refractivity contribution < 1.29 is 14.5 Å². The molecule has 0 spiro atoms. The predicted molar refractivity (Wildman–Crippen MR) is 104 cm³/mol. The average Bonchev–Trinajstić information content (AvgIpc) is 3.33. The highest BCUT2D eigenvalue weighted by atomic mass is 35.5. The molecule has 0 aromatic heterocycles. The van der Waals surface area contributed by atoms with Gasteiger partial charge in [0.2, 0.25) is 11.8 Å². The lowest BCUT2D eigenvalue weighted by Crippen LogP contribution is -2.33. The fourth-order valence-electron chi connectivity index (χ4n) is 5.54. The molecule has 2 amide bonds. The number of nitro groups is 1. The molecule has 0 unspecified atom stereocenters. The molecule has 2 bridgehead atoms. The molecule has 1 aliphatic heterocycles. The lowest BCUT2D eigenvalue weighted by molar-refractivity contribution is -0.384. The second-order valence-electron chi connectivity index (χ2n) is 8.01. The average molecular weight is 399 g/mol. The summed E-state index contributed by atoms with van der Waals surface area (Å²) in [6, 6.07) is 4.09. The van der Waals surface area contributed by atoms with Crippen LogP contribution in [-0.2, 0) is 9.59 Å². The third-order valence-corrected chi connectivity index (χ3v) is 6.99. The van der Waals surface area contributed by atoms with Gasteiger partial charge in [0.25, 0.3) is 5.69 Å². The number of fused-ring (bicyclic) bond motifs is 5. The molecule has 5 rings (SSSR count). The summed E-state index contributed by atoms with van der Waals surface area (Å²) in [5, 5.41) is 11.2. The Morgan fingerprint density at radius 3 is 2.18 bits per heavy atom. The fourth-order valence-corrected chi connectivity index (χ4v) is 5.72. The molecule has 0 radical (unpaired) electrons. The van der Waals surface area contributed by atoms with Gasteiger partial charge in [0.1, 0.15) is 5.02 Å². The second-order valence-corrected chi connectivity index (χ2v) is 8.42. The normalized spacial score (nSPS) is 31.1. The van der Waals surface area contributed by atoms with Crippen molar-refractivity contribution in [2.24, 2.45) is 23.7 Å². The first-order chi connectivity index (χ1) is 13.5. The number of amides is 2. The molecule has 144 valence electrons. The number of rotatable bonds is 2. The Morgan fingerprint density at radius 1 is 1.00 bits per heavy atom. The van der Waals surface area contributed by atoms with Crippen LogP contribution in [0.3, 0.4) is 0 Å². The van der Waals surface area contributed by atoms with Gasteiger partial charge >= 0.3 is 0 Å². The molecule has 4 atom stereocenters. The Balaban J connectivity index is 1.52. The Labute approximate surface area is 167 Å². The third-order valence-electron chi connectivity index (χ3n) is 6.67. The van der Waals surface area contributed by atoms with Gasteiger partial charge in [-0.15, -0.1) is 0 Å². The molecule has 1 aromatic carbocycles. The maximum absolute atomic E-state index is 13.2. The lowest BCUT2D eigenvalue weighted by Gasteiger charge is -2.23. The van der Waals surface area contributed by atoms with Crippen LogP contribution < -0.4 is 4.90 Å². The quantitative estimate of drug-likeness (QED) is 0.319. The molecular formula is C21H19ClN2O4. The lowest BCUT2D eigenvalue weighted by atomic mass is 9.85. The van der Waals surface area contributed by atoms with Gasteiger partial charge in [-0.1, -0.05) is 41.3 Å². The van der Waals surface area contributed by atoms with Crippen molar-refractivity contribution in [2.75, 3.05) is 4.90 Å². The number of benzene rings is 1. The minimum Gasteiger partial charge on any atom is -0.274 e. The van der Waals surface area contributed by atoms with E-state index in [0.29, 0.717) is 0 Å². The van der Waals surface area contributed by atoms with E-state index >= 15 is 0 Å². The summed E-state index contributed by atoms with van der Waals surface area (Å²) < 4.78 is 0. The van der Waals surface area contributed by atoms with E-state index < -0.39 is 4.92 Å². The fraction of sp³-hybridized carbons (Fsp3) is 0.429. The molecule has 4 aliphatic rings. The van der Waals surface area contributed by atoms with Crippen LogP contribution in [0.25, 0.3) is 0 Å². The van der Waals surface area contributed by atoms with Crippen molar-refractivity contribution in [3.63, 3.8) is 0 Å². The summed E-state index contributed by atoms with van der Waals surface area (Å²) in [6.45, 7) is 0. The molecule has 6 nitrogen and oxygen atoms in total. The largest absolute Gasteiger partial charge is 0.289 e. The molecule has 28 heavy (non-hydrogen) atoms. The van der Waals surface area contributed by atoms with Crippen molar-refractivity contribution in [1.82, 2.24) is 0 Å². The molecule has 0 N–H and O–H groups in total. The van der Waals surface area contributed by atoms with Crippen LogP contribution in [0.4, 0.5) is 11.4 Å². The van der Waals surface area contributed by atoms with Gasteiger partial charge in [0.15, 0.2) is 0 Å². The van der Waals surface area contributed by atoms with E-state index in [1.165, 1.54) is 48.6 Å². The van der Waals surface area contributed by atoms with Crippen molar-refractivity contribution in [2.45, 2.75) is 32.1 Å². The molecule has 7 heteroatoms. The standard InChI is InChI=1S/C21H19ClN2O4/c22-15-9-6-12(10-16(15)24(27)28)23-20(25)18-13-7-8-14(19(18)21(23)26)17(13)11-4-2-1-3-5-11/h6-10,13-14,18-19H,1-5H2/t13-,14+,18+,19-. The zero-order valence-corrected chi connectivity index (χ0v) is 15.9. The minimum absolute atomic E-state index is 0.00756. The Kier molecular flexibility index (Phi) is 3.95. The highest BCUT2D eigenvalue weighted by Crippen LogP contribution is 2.58. The highest BCUT2D eigenvalue weighted by molar-refractivity contribution is 6.33. The van der Waals surface area contributed by atoms with Crippen LogP contribution in [-0.4, -0.2) is 16.7 Å². The van der Waals surface area contributed by atoms with E-state index in [9.17, 15) is 19.7 Å². The van der Waals surface area contributed by atoms with Gasteiger partial charge in [-0.2, -0.15) is 0 Å². The number of carbonyl (C=O) groups is 2. The van der Waals surface area contributed by atoms with Gasteiger partial charge in [0, 0.05) is 17.9 Å². The van der Waals surface area contributed by atoms with Gasteiger partial charge in [-0.25, -0.2) is 4.90 Å². The van der Waals surface area contributed by atoms with E-state index in [0.717, 1.165) is 17.7 Å². The maximum Gasteiger partial charge on any atom is 0.289 e. The summed E-state index contributed by atoms with van der Waals surface area (Å²) in [5.41, 5.74) is 2.67. The van der Waals surface area contributed by atoms with Crippen LogP contribution in [0.2, 0.25) is 5.02 Å². The van der Waals surface area contributed by atoms with E-state index in [1.54, 1.807) is 0 Å². The number of hydrogen-bond acceptors (Lipinski definition) is 4. The number of carbonyl (C=O) groups excluding carboxylic acids is 2. The first-order valence-corrected chi connectivity index (χ1v) is 10.1. The molecule has 1 saturated heterocycles. The maximum atomic E-state index is 13.2. The number of hydrogen-bond donors (Lipinski definition) is 0. The predicted octanol–water partition coefficient (Wildman–Crippen LogP) is 4.43. The second kappa shape index (κ2) is 6.27. The van der Waals surface area contributed by atoms with E-state index in [4.69, 9.17) is 11.6 Å². The smallest absolute Gasteiger partial charge is 0.274 e. The van der Waals surface area contributed by atoms with Crippen molar-refractivity contribution in [3.05, 3.63) is 56.6 Å². The molecule has 3 aliphatic carbocycles. The van der Waals surface area contributed by atoms with Gasteiger partial charge in [-0.05, 0) is 37.8 Å². The third kappa shape index (κ3) is 2.33. The van der Waals surface area contributed by atoms with Crippen LogP contribution >= 0.6 is 11.6 Å². The van der Waals surface area contributed by atoms with E-state index in [2.05, 4.69) is 12.2 Å². The number of nitrogens with zero attached hydrogens (tertiary/aromatic N) is 2. The Morgan fingerprint density at radius 2 is 1.61 bits per heavy atom.